The second-order valence-electron chi connectivity index (χ2n) is 6.05. The third-order valence-electron chi connectivity index (χ3n) is 4.24. The molecule has 0 aliphatic carbocycles. The lowest BCUT2D eigenvalue weighted by Gasteiger charge is -2.23. The van der Waals surface area contributed by atoms with E-state index in [-0.39, 0.29) is 29.8 Å². The van der Waals surface area contributed by atoms with Crippen LogP contribution in [0.1, 0.15) is 33.2 Å². The normalized spacial score (nSPS) is 14.0. The number of nitrogens with one attached hydrogen (secondary N) is 1. The second-order valence-corrected chi connectivity index (χ2v) is 6.05. The lowest BCUT2D eigenvalue weighted by atomic mass is 10.1. The number of imide groups is 1. The van der Waals surface area contributed by atoms with Gasteiger partial charge in [-0.2, -0.15) is 0 Å². The number of ether oxygens (including phenoxy) is 1. The van der Waals surface area contributed by atoms with Gasteiger partial charge in [0, 0.05) is 18.6 Å². The van der Waals surface area contributed by atoms with Crippen molar-refractivity contribution >= 4 is 23.5 Å². The van der Waals surface area contributed by atoms with Gasteiger partial charge in [-0.15, -0.1) is 0 Å². The molecule has 0 aromatic heterocycles. The number of fused-ring (bicyclic) bond motifs is 1. The van der Waals surface area contributed by atoms with Crippen LogP contribution in [0, 0.1) is 10.1 Å². The molecule has 2 aromatic rings. The average molecular weight is 383 g/mol. The number of hydrogen-bond donors (Lipinski definition) is 1. The summed E-state index contributed by atoms with van der Waals surface area (Å²) in [5.74, 6) is -1.75. The Bertz CT molecular complexity index is 906. The molecule has 9 heteroatoms. The van der Waals surface area contributed by atoms with Gasteiger partial charge in [-0.3, -0.25) is 24.5 Å². The minimum atomic E-state index is -1.02. The molecule has 1 atom stereocenters. The number of nitro benzene ring substituents is 1. The minimum Gasteiger partial charge on any atom is -0.465 e. The maximum absolute atomic E-state index is 12.5. The van der Waals surface area contributed by atoms with E-state index in [0.29, 0.717) is 5.56 Å². The third kappa shape index (κ3) is 3.74. The van der Waals surface area contributed by atoms with Crippen LogP contribution in [-0.4, -0.2) is 40.4 Å². The molecule has 0 saturated carbocycles. The Morgan fingerprint density at radius 3 is 2.18 bits per heavy atom. The molecule has 0 saturated heterocycles. The molecule has 3 rings (SSSR count). The molecule has 0 spiro atoms. The highest BCUT2D eigenvalue weighted by molar-refractivity contribution is 6.21. The zero-order chi connectivity index (χ0) is 20.3. The molecule has 0 radical (unpaired) electrons. The molecule has 1 aliphatic rings. The Morgan fingerprint density at radius 2 is 1.68 bits per heavy atom. The molecule has 0 bridgehead atoms. The third-order valence-corrected chi connectivity index (χ3v) is 4.24. The molecular weight excluding hydrogens is 366 g/mol. The molecule has 0 unspecified atom stereocenters. The zero-order valence-electron chi connectivity index (χ0n) is 15.0. The van der Waals surface area contributed by atoms with Crippen LogP contribution < -0.4 is 5.43 Å². The first kappa shape index (κ1) is 19.2. The van der Waals surface area contributed by atoms with Gasteiger partial charge in [-0.25, -0.2) is 10.4 Å². The van der Waals surface area contributed by atoms with Crippen LogP contribution >= 0.6 is 0 Å². The molecule has 1 aliphatic heterocycles. The summed E-state index contributed by atoms with van der Waals surface area (Å²) >= 11 is 0. The number of hydrogen-bond acceptors (Lipinski definition) is 7. The zero-order valence-corrected chi connectivity index (χ0v) is 15.0. The van der Waals surface area contributed by atoms with E-state index in [4.69, 9.17) is 4.74 Å². The number of amides is 2. The van der Waals surface area contributed by atoms with Crippen LogP contribution in [0.5, 0.6) is 0 Å². The van der Waals surface area contributed by atoms with Gasteiger partial charge in [0.1, 0.15) is 6.04 Å². The molecule has 2 aromatic carbocycles. The van der Waals surface area contributed by atoms with Crippen molar-refractivity contribution in [2.24, 2.45) is 0 Å². The van der Waals surface area contributed by atoms with Crippen molar-refractivity contribution in [1.29, 1.82) is 0 Å². The Kier molecular flexibility index (Phi) is 5.46. The summed E-state index contributed by atoms with van der Waals surface area (Å²) in [6, 6.07) is 11.0. The fourth-order valence-electron chi connectivity index (χ4n) is 2.88. The van der Waals surface area contributed by atoms with Gasteiger partial charge >= 0.3 is 5.97 Å². The van der Waals surface area contributed by atoms with Gasteiger partial charge in [0.05, 0.1) is 22.7 Å². The predicted octanol–water partition coefficient (Wildman–Crippen LogP) is 1.87. The van der Waals surface area contributed by atoms with E-state index in [0.717, 1.165) is 5.01 Å². The summed E-state index contributed by atoms with van der Waals surface area (Å²) in [5, 5.41) is 11.6. The van der Waals surface area contributed by atoms with Crippen LogP contribution in [0.25, 0.3) is 0 Å². The highest BCUT2D eigenvalue weighted by Gasteiger charge is 2.38. The lowest BCUT2D eigenvalue weighted by molar-refractivity contribution is -0.384. The fraction of sp³-hybridized carbons (Fsp3) is 0.211. The van der Waals surface area contributed by atoms with Gasteiger partial charge in [0.15, 0.2) is 0 Å². The van der Waals surface area contributed by atoms with Gasteiger partial charge in [-0.05, 0) is 24.6 Å². The van der Waals surface area contributed by atoms with E-state index in [2.05, 4.69) is 5.43 Å². The van der Waals surface area contributed by atoms with Gasteiger partial charge in [-0.1, -0.05) is 24.3 Å². The van der Waals surface area contributed by atoms with Gasteiger partial charge in [0.2, 0.25) is 0 Å². The number of esters is 1. The first-order valence-corrected chi connectivity index (χ1v) is 8.56. The van der Waals surface area contributed by atoms with Crippen LogP contribution in [0.3, 0.4) is 0 Å². The summed E-state index contributed by atoms with van der Waals surface area (Å²) in [5.41, 5.74) is 3.68. The summed E-state index contributed by atoms with van der Waals surface area (Å²) < 4.78 is 5.04. The topological polar surface area (TPSA) is 119 Å². The number of hydrazine groups is 1. The first-order valence-electron chi connectivity index (χ1n) is 8.56. The van der Waals surface area contributed by atoms with Crippen molar-refractivity contribution in [1.82, 2.24) is 10.4 Å². The largest absolute Gasteiger partial charge is 0.465 e. The maximum atomic E-state index is 12.5. The molecule has 9 nitrogen and oxygen atoms in total. The average Bonchev–Trinajstić information content (AvgIpc) is 2.93. The van der Waals surface area contributed by atoms with Crippen molar-refractivity contribution in [2.45, 2.75) is 19.4 Å². The number of nitro groups is 1. The molecule has 1 N–H and O–H groups in total. The number of nitrogens with zero attached hydrogens (tertiary/aromatic N) is 2. The van der Waals surface area contributed by atoms with Crippen molar-refractivity contribution in [3.8, 4) is 0 Å². The van der Waals surface area contributed by atoms with Crippen LogP contribution in [0.4, 0.5) is 5.69 Å². The Morgan fingerprint density at radius 1 is 1.11 bits per heavy atom. The van der Waals surface area contributed by atoms with Crippen molar-refractivity contribution in [3.05, 3.63) is 75.3 Å². The second kappa shape index (κ2) is 7.97. The van der Waals surface area contributed by atoms with E-state index in [1.54, 1.807) is 19.1 Å². The number of rotatable bonds is 7. The summed E-state index contributed by atoms with van der Waals surface area (Å²) in [6.07, 6.45) is 0.0736. The Balaban J connectivity index is 1.81. The molecule has 0 fully saturated rings. The lowest BCUT2D eigenvalue weighted by Crippen LogP contribution is -2.52. The van der Waals surface area contributed by atoms with E-state index in [1.165, 1.54) is 36.4 Å². The number of benzene rings is 2. The maximum Gasteiger partial charge on any atom is 0.325 e. The van der Waals surface area contributed by atoms with Crippen LogP contribution in [0.15, 0.2) is 48.5 Å². The van der Waals surface area contributed by atoms with Gasteiger partial charge < -0.3 is 4.74 Å². The van der Waals surface area contributed by atoms with Crippen molar-refractivity contribution in [3.63, 3.8) is 0 Å². The molecular formula is C19H17N3O6. The Hall–Kier alpha value is -3.59. The van der Waals surface area contributed by atoms with Crippen LogP contribution in [0.2, 0.25) is 0 Å². The fourth-order valence-corrected chi connectivity index (χ4v) is 2.88. The van der Waals surface area contributed by atoms with Crippen molar-refractivity contribution in [2.75, 3.05) is 6.61 Å². The van der Waals surface area contributed by atoms with E-state index < -0.39 is 28.7 Å². The highest BCUT2D eigenvalue weighted by Crippen LogP contribution is 2.22. The van der Waals surface area contributed by atoms with E-state index >= 15 is 0 Å². The quantitative estimate of drug-likeness (QED) is 0.335. The molecule has 28 heavy (non-hydrogen) atoms. The smallest absolute Gasteiger partial charge is 0.325 e. The molecule has 1 heterocycles. The van der Waals surface area contributed by atoms with E-state index in [1.807, 2.05) is 0 Å². The van der Waals surface area contributed by atoms with Crippen molar-refractivity contribution < 1.29 is 24.0 Å². The molecule has 2 amide bonds. The monoisotopic (exact) mass is 383 g/mol. The van der Waals surface area contributed by atoms with E-state index in [9.17, 15) is 24.5 Å². The summed E-state index contributed by atoms with van der Waals surface area (Å²) in [6.45, 7) is 1.77. The Labute approximate surface area is 160 Å². The molecule has 144 valence electrons. The SMILES string of the molecule is CCOC(=O)[C@H](Cc1ccc([N+](=O)[O-])cc1)NN1C(=O)c2ccccc2C1=O. The summed E-state index contributed by atoms with van der Waals surface area (Å²) in [7, 11) is 0. The number of carbonyl (C=O) groups excluding carboxylic acids is 3. The first-order chi connectivity index (χ1) is 13.4. The number of carbonyl (C=O) groups is 3. The number of non-ortho nitro benzene ring substituents is 1. The standard InChI is InChI=1S/C19H17N3O6/c1-2-28-19(25)16(11-12-7-9-13(10-8-12)22(26)27)20-21-17(23)14-5-3-4-6-15(14)18(21)24/h3-10,16,20H,2,11H2,1H3/t16-/m0/s1. The predicted molar refractivity (Wildman–Crippen MR) is 97.3 cm³/mol. The van der Waals surface area contributed by atoms with Gasteiger partial charge in [0.25, 0.3) is 17.5 Å². The van der Waals surface area contributed by atoms with Crippen LogP contribution in [-0.2, 0) is 16.0 Å². The summed E-state index contributed by atoms with van der Waals surface area (Å²) in [4.78, 5) is 47.6. The highest BCUT2D eigenvalue weighted by atomic mass is 16.6. The minimum absolute atomic E-state index is 0.0736.